The van der Waals surface area contributed by atoms with Gasteiger partial charge in [-0.2, -0.15) is 0 Å². The van der Waals surface area contributed by atoms with Crippen LogP contribution in [0.25, 0.3) is 21.0 Å². The van der Waals surface area contributed by atoms with Crippen LogP contribution >= 0.6 is 11.3 Å². The van der Waals surface area contributed by atoms with E-state index in [-0.39, 0.29) is 23.9 Å². The van der Waals surface area contributed by atoms with E-state index in [9.17, 15) is 19.5 Å². The average molecular weight is 582 g/mol. The highest BCUT2D eigenvalue weighted by Gasteiger charge is 2.40. The molecule has 41 heavy (non-hydrogen) atoms. The standard InChI is InChI=1S/C30H32FN3O6S/c1-16-23-26(35)34(30(2,3)28(36)37)29(38)33(27(23)41-24(16)25-32-11-12-39-25)15-22(20-9-4-5-10-21(20)31)40-19-13-17-7-6-8-18(17)14-19/h4-5,9-12,17-19,22H,6-8,13-15H2,1-3H3,(H,36,37)/t17-,18+,19+,22?. The van der Waals surface area contributed by atoms with E-state index in [4.69, 9.17) is 9.15 Å². The van der Waals surface area contributed by atoms with Crippen molar-refractivity contribution >= 4 is 27.5 Å². The molecule has 6 rings (SSSR count). The molecule has 1 unspecified atom stereocenters. The van der Waals surface area contributed by atoms with Gasteiger partial charge in [-0.1, -0.05) is 37.5 Å². The maximum Gasteiger partial charge on any atom is 0.333 e. The van der Waals surface area contributed by atoms with Gasteiger partial charge in [0.1, 0.15) is 28.6 Å². The Morgan fingerprint density at radius 3 is 2.59 bits per heavy atom. The summed E-state index contributed by atoms with van der Waals surface area (Å²) < 4.78 is 29.5. The highest BCUT2D eigenvalue weighted by Crippen LogP contribution is 2.46. The Balaban J connectivity index is 1.54. The fourth-order valence-corrected chi connectivity index (χ4v) is 7.84. The number of rotatable bonds is 8. The first-order chi connectivity index (χ1) is 19.6. The van der Waals surface area contributed by atoms with E-state index in [0.717, 1.165) is 28.7 Å². The predicted molar refractivity (Wildman–Crippen MR) is 152 cm³/mol. The third kappa shape index (κ3) is 4.64. The zero-order chi connectivity index (χ0) is 29.1. The van der Waals surface area contributed by atoms with Gasteiger partial charge in [0.25, 0.3) is 5.56 Å². The number of oxazole rings is 1. The van der Waals surface area contributed by atoms with Crippen LogP contribution in [-0.4, -0.2) is 31.3 Å². The highest BCUT2D eigenvalue weighted by atomic mass is 32.1. The summed E-state index contributed by atoms with van der Waals surface area (Å²) in [5, 5.41) is 10.2. The largest absolute Gasteiger partial charge is 0.480 e. The van der Waals surface area contributed by atoms with Crippen molar-refractivity contribution in [2.45, 2.75) is 77.2 Å². The van der Waals surface area contributed by atoms with Crippen molar-refractivity contribution in [3.05, 3.63) is 74.5 Å². The first-order valence-electron chi connectivity index (χ1n) is 13.9. The molecule has 0 amide bonds. The molecule has 3 aromatic heterocycles. The smallest absolute Gasteiger partial charge is 0.333 e. The molecule has 216 valence electrons. The summed E-state index contributed by atoms with van der Waals surface area (Å²) in [5.74, 6) is -0.315. The maximum absolute atomic E-state index is 15.2. The molecule has 1 N–H and O–H groups in total. The van der Waals surface area contributed by atoms with Gasteiger partial charge in [0.2, 0.25) is 5.89 Å². The second kappa shape index (κ2) is 10.4. The van der Waals surface area contributed by atoms with Crippen LogP contribution in [0.5, 0.6) is 0 Å². The molecule has 0 aliphatic heterocycles. The molecule has 1 aromatic carbocycles. The van der Waals surface area contributed by atoms with Gasteiger partial charge >= 0.3 is 11.7 Å². The SMILES string of the molecule is Cc1c(-c2ncco2)sc2c1c(=O)n(C(C)(C)C(=O)O)c(=O)n2CC(O[C@H]1C[C@H]2CCC[C@H]2C1)c1ccccc1F. The van der Waals surface area contributed by atoms with E-state index in [2.05, 4.69) is 4.98 Å². The van der Waals surface area contributed by atoms with E-state index in [1.54, 1.807) is 25.1 Å². The van der Waals surface area contributed by atoms with E-state index >= 15 is 4.39 Å². The number of carboxylic acids is 1. The van der Waals surface area contributed by atoms with Crippen LogP contribution in [0.3, 0.4) is 0 Å². The molecule has 0 saturated heterocycles. The zero-order valence-electron chi connectivity index (χ0n) is 23.1. The maximum atomic E-state index is 15.2. The minimum absolute atomic E-state index is 0.0876. The molecular formula is C30H32FN3O6S. The number of halogens is 1. The van der Waals surface area contributed by atoms with Crippen LogP contribution in [0.4, 0.5) is 4.39 Å². The Morgan fingerprint density at radius 1 is 1.24 bits per heavy atom. The van der Waals surface area contributed by atoms with Crippen LogP contribution in [0.1, 0.15) is 63.2 Å². The Morgan fingerprint density at radius 2 is 1.95 bits per heavy atom. The van der Waals surface area contributed by atoms with Crippen molar-refractivity contribution < 1.29 is 23.4 Å². The van der Waals surface area contributed by atoms with Crippen molar-refractivity contribution in [1.82, 2.24) is 14.1 Å². The number of fused-ring (bicyclic) bond motifs is 2. The lowest BCUT2D eigenvalue weighted by Gasteiger charge is -2.27. The molecular weight excluding hydrogens is 549 g/mol. The van der Waals surface area contributed by atoms with Crippen molar-refractivity contribution in [2.75, 3.05) is 0 Å². The highest BCUT2D eigenvalue weighted by molar-refractivity contribution is 7.22. The minimum Gasteiger partial charge on any atom is -0.480 e. The Labute approximate surface area is 239 Å². The average Bonchev–Trinajstić information content (AvgIpc) is 3.71. The summed E-state index contributed by atoms with van der Waals surface area (Å²) in [6, 6.07) is 6.33. The van der Waals surface area contributed by atoms with Crippen LogP contribution < -0.4 is 11.2 Å². The molecule has 0 spiro atoms. The lowest BCUT2D eigenvalue weighted by Crippen LogP contribution is -2.52. The number of thiophene rings is 1. The second-order valence-electron chi connectivity index (χ2n) is 11.7. The third-order valence-electron chi connectivity index (χ3n) is 8.83. The Bertz CT molecular complexity index is 1730. The van der Waals surface area contributed by atoms with Gasteiger partial charge in [0.15, 0.2) is 0 Å². The fraction of sp³-hybridized carbons (Fsp3) is 0.467. The van der Waals surface area contributed by atoms with Crippen molar-refractivity contribution in [2.24, 2.45) is 11.8 Å². The van der Waals surface area contributed by atoms with E-state index in [1.165, 1.54) is 56.2 Å². The van der Waals surface area contributed by atoms with Crippen LogP contribution in [0, 0.1) is 24.6 Å². The summed E-state index contributed by atoms with van der Waals surface area (Å²) >= 11 is 1.16. The van der Waals surface area contributed by atoms with Crippen LogP contribution in [-0.2, 0) is 21.6 Å². The Hall–Kier alpha value is -3.57. The van der Waals surface area contributed by atoms with Crippen molar-refractivity contribution in [3.8, 4) is 10.8 Å². The molecule has 3 heterocycles. The first kappa shape index (κ1) is 27.6. The monoisotopic (exact) mass is 581 g/mol. The number of aryl methyl sites for hydroxylation is 1. The number of benzene rings is 1. The van der Waals surface area contributed by atoms with E-state index < -0.39 is 34.7 Å². The number of aliphatic carboxylic acids is 1. The molecule has 0 radical (unpaired) electrons. The predicted octanol–water partition coefficient (Wildman–Crippen LogP) is 5.48. The quantitative estimate of drug-likeness (QED) is 0.293. The van der Waals surface area contributed by atoms with Crippen molar-refractivity contribution in [3.63, 3.8) is 0 Å². The Kier molecular flexibility index (Phi) is 6.97. The lowest BCUT2D eigenvalue weighted by molar-refractivity contribution is -0.146. The van der Waals surface area contributed by atoms with Gasteiger partial charge in [0, 0.05) is 5.56 Å². The summed E-state index contributed by atoms with van der Waals surface area (Å²) in [7, 11) is 0. The van der Waals surface area contributed by atoms with E-state index in [1.807, 2.05) is 0 Å². The summed E-state index contributed by atoms with van der Waals surface area (Å²) in [5.41, 5.74) is -2.54. The van der Waals surface area contributed by atoms with Crippen LogP contribution in [0.15, 0.2) is 50.7 Å². The number of hydrogen-bond acceptors (Lipinski definition) is 7. The third-order valence-corrected chi connectivity index (χ3v) is 10.1. The van der Waals surface area contributed by atoms with E-state index in [0.29, 0.717) is 32.7 Å². The molecule has 11 heteroatoms. The number of carbonyl (C=O) groups is 1. The molecule has 4 atom stereocenters. The number of aromatic nitrogens is 3. The molecule has 2 fully saturated rings. The molecule has 2 saturated carbocycles. The fourth-order valence-electron chi connectivity index (χ4n) is 6.60. The number of hydrogen-bond donors (Lipinski definition) is 1. The summed E-state index contributed by atoms with van der Waals surface area (Å²) in [6.45, 7) is 4.23. The van der Waals surface area contributed by atoms with Gasteiger partial charge in [-0.3, -0.25) is 9.36 Å². The van der Waals surface area contributed by atoms with Crippen molar-refractivity contribution in [1.29, 1.82) is 0 Å². The normalized spacial score (nSPS) is 21.4. The molecule has 9 nitrogen and oxygen atoms in total. The molecule has 0 bridgehead atoms. The van der Waals surface area contributed by atoms with Gasteiger partial charge in [0.05, 0.1) is 29.1 Å². The number of carboxylic acid groups (broad SMARTS) is 1. The van der Waals surface area contributed by atoms with Gasteiger partial charge in [-0.05, 0) is 57.1 Å². The number of nitrogens with zero attached hydrogens (tertiary/aromatic N) is 3. The van der Waals surface area contributed by atoms with Gasteiger partial charge in [-0.25, -0.2) is 23.5 Å². The minimum atomic E-state index is -1.85. The van der Waals surface area contributed by atoms with Crippen LogP contribution in [0.2, 0.25) is 0 Å². The summed E-state index contributed by atoms with van der Waals surface area (Å²) in [4.78, 5) is 45.3. The van der Waals surface area contributed by atoms with Gasteiger partial charge in [-0.15, -0.1) is 11.3 Å². The molecule has 2 aliphatic rings. The second-order valence-corrected chi connectivity index (χ2v) is 12.7. The topological polar surface area (TPSA) is 117 Å². The first-order valence-corrected chi connectivity index (χ1v) is 14.7. The zero-order valence-corrected chi connectivity index (χ0v) is 23.9. The summed E-state index contributed by atoms with van der Waals surface area (Å²) in [6.07, 6.45) is 7.30. The molecule has 2 aliphatic carbocycles. The lowest BCUT2D eigenvalue weighted by atomic mass is 10.0. The molecule has 4 aromatic rings. The van der Waals surface area contributed by atoms with Gasteiger partial charge < -0.3 is 14.3 Å². The number of ether oxygens (including phenoxy) is 1.